The van der Waals surface area contributed by atoms with Crippen LogP contribution in [-0.2, 0) is 17.5 Å². The van der Waals surface area contributed by atoms with Crippen LogP contribution in [0.3, 0.4) is 0 Å². The van der Waals surface area contributed by atoms with Crippen molar-refractivity contribution in [3.63, 3.8) is 0 Å². The van der Waals surface area contributed by atoms with Crippen molar-refractivity contribution in [1.82, 2.24) is 20.5 Å². The summed E-state index contributed by atoms with van der Waals surface area (Å²) in [6, 6.07) is 7.47. The van der Waals surface area contributed by atoms with E-state index in [1.165, 1.54) is 4.90 Å². The first kappa shape index (κ1) is 25.2. The second-order valence-electron chi connectivity index (χ2n) is 6.80. The summed E-state index contributed by atoms with van der Waals surface area (Å²) in [5.41, 5.74) is 0.0303. The van der Waals surface area contributed by atoms with E-state index in [-0.39, 0.29) is 54.0 Å². The van der Waals surface area contributed by atoms with Gasteiger partial charge in [-0.2, -0.15) is 13.2 Å². The molecule has 1 atom stereocenters. The molecule has 1 aliphatic heterocycles. The fraction of sp³-hybridized carbons (Fsp3) is 0.421. The van der Waals surface area contributed by atoms with E-state index < -0.39 is 11.9 Å². The number of fused-ring (bicyclic) bond motifs is 1. The first-order chi connectivity index (χ1) is 14.2. The van der Waals surface area contributed by atoms with Crippen molar-refractivity contribution in [3.8, 4) is 5.75 Å². The van der Waals surface area contributed by atoms with E-state index in [9.17, 15) is 18.0 Å². The van der Waals surface area contributed by atoms with Crippen molar-refractivity contribution in [1.29, 1.82) is 0 Å². The number of guanidine groups is 1. The maximum atomic E-state index is 12.8. The van der Waals surface area contributed by atoms with Crippen molar-refractivity contribution in [3.05, 3.63) is 45.9 Å². The molecule has 2 aromatic rings. The lowest BCUT2D eigenvalue weighted by atomic mass is 10.0. The Hall–Kier alpha value is -2.09. The minimum absolute atomic E-state index is 0. The van der Waals surface area contributed by atoms with Crippen molar-refractivity contribution in [2.75, 3.05) is 27.2 Å². The van der Waals surface area contributed by atoms with Crippen LogP contribution in [0, 0.1) is 0 Å². The van der Waals surface area contributed by atoms with Crippen LogP contribution in [0.25, 0.3) is 0 Å². The lowest BCUT2D eigenvalue weighted by Crippen LogP contribution is -2.41. The molecule has 0 bridgehead atoms. The molecule has 2 heterocycles. The molecule has 7 nitrogen and oxygen atoms in total. The number of likely N-dealkylation sites (N-methyl/N-ethyl adjacent to an activating group) is 1. The Balaban J connectivity index is 0.00000341. The molecule has 1 aromatic heterocycles. The second-order valence-corrected chi connectivity index (χ2v) is 7.75. The van der Waals surface area contributed by atoms with Crippen molar-refractivity contribution in [2.45, 2.75) is 25.2 Å². The number of aromatic nitrogens is 1. The molecule has 31 heavy (non-hydrogen) atoms. The summed E-state index contributed by atoms with van der Waals surface area (Å²) in [4.78, 5) is 21.3. The van der Waals surface area contributed by atoms with E-state index in [1.54, 1.807) is 14.1 Å². The molecule has 170 valence electrons. The summed E-state index contributed by atoms with van der Waals surface area (Å²) >= 11 is 0.911. The summed E-state index contributed by atoms with van der Waals surface area (Å²) in [5.74, 6) is 0.882. The molecule has 0 radical (unpaired) electrons. The van der Waals surface area contributed by atoms with Gasteiger partial charge < -0.3 is 20.3 Å². The molecule has 12 heteroatoms. The van der Waals surface area contributed by atoms with Crippen LogP contribution < -0.4 is 15.4 Å². The predicted octanol–water partition coefficient (Wildman–Crippen LogP) is 3.43. The number of thiazole rings is 1. The molecular weight excluding hydrogens is 546 g/mol. The standard InChI is InChI=1S/C19H22F3N5O2S.HI/c1-27(2)17(28)10-24-18(23-9-16-26-15(11-30-16)19(20,21)22)25-13-7-8-29-14-6-4-3-5-12(13)14;/h3-6,11,13H,7-10H2,1-2H3,(H2,23,24,25);1H. The first-order valence-corrected chi connectivity index (χ1v) is 10.1. The molecule has 0 spiro atoms. The normalized spacial score (nSPS) is 15.9. The minimum Gasteiger partial charge on any atom is -0.493 e. The molecule has 1 aliphatic rings. The van der Waals surface area contributed by atoms with E-state index in [2.05, 4.69) is 20.6 Å². The molecule has 0 fully saturated rings. The fourth-order valence-electron chi connectivity index (χ4n) is 2.78. The van der Waals surface area contributed by atoms with Crippen LogP contribution in [0.15, 0.2) is 34.6 Å². The van der Waals surface area contributed by atoms with Crippen molar-refractivity contribution in [2.24, 2.45) is 4.99 Å². The maximum absolute atomic E-state index is 12.8. The zero-order valence-electron chi connectivity index (χ0n) is 16.9. The smallest absolute Gasteiger partial charge is 0.434 e. The summed E-state index contributed by atoms with van der Waals surface area (Å²) in [6.07, 6.45) is -3.80. The SMILES string of the molecule is CN(C)C(=O)CN=C(NCc1nc(C(F)(F)F)cs1)NC1CCOc2ccccc21.I. The maximum Gasteiger partial charge on any atom is 0.434 e. The number of carbonyl (C=O) groups is 1. The Morgan fingerprint density at radius 3 is 2.77 bits per heavy atom. The number of hydrogen-bond donors (Lipinski definition) is 2. The first-order valence-electron chi connectivity index (χ1n) is 9.22. The third kappa shape index (κ3) is 6.95. The van der Waals surface area contributed by atoms with E-state index in [4.69, 9.17) is 4.74 Å². The Kier molecular flexibility index (Phi) is 8.91. The Morgan fingerprint density at radius 1 is 1.35 bits per heavy atom. The van der Waals surface area contributed by atoms with Crippen LogP contribution in [0.5, 0.6) is 5.75 Å². The predicted molar refractivity (Wildman–Crippen MR) is 123 cm³/mol. The summed E-state index contributed by atoms with van der Waals surface area (Å²) < 4.78 is 44.0. The number of ether oxygens (including phenoxy) is 1. The van der Waals surface area contributed by atoms with Gasteiger partial charge in [-0.3, -0.25) is 4.79 Å². The molecule has 2 N–H and O–H groups in total. The molecule has 1 amide bonds. The van der Waals surface area contributed by atoms with Gasteiger partial charge in [0.1, 0.15) is 17.3 Å². The fourth-order valence-corrected chi connectivity index (χ4v) is 3.52. The van der Waals surface area contributed by atoms with Gasteiger partial charge in [0.2, 0.25) is 5.91 Å². The number of rotatable bonds is 5. The number of aliphatic imine (C=N–C) groups is 1. The topological polar surface area (TPSA) is 78.9 Å². The number of amides is 1. The summed E-state index contributed by atoms with van der Waals surface area (Å²) in [6.45, 7) is 0.465. The highest BCUT2D eigenvalue weighted by Gasteiger charge is 2.33. The number of carbonyl (C=O) groups excluding carboxylic acids is 1. The van der Waals surface area contributed by atoms with Gasteiger partial charge >= 0.3 is 6.18 Å². The summed E-state index contributed by atoms with van der Waals surface area (Å²) in [5, 5.41) is 7.48. The van der Waals surface area contributed by atoms with Crippen molar-refractivity contribution < 1.29 is 22.7 Å². The molecule has 1 unspecified atom stereocenters. The second kappa shape index (κ2) is 11.0. The van der Waals surface area contributed by atoms with Crippen LogP contribution in [0.4, 0.5) is 13.2 Å². The number of para-hydroxylation sites is 1. The van der Waals surface area contributed by atoms with Crippen LogP contribution in [-0.4, -0.2) is 49.0 Å². The molecule has 1 aromatic carbocycles. The minimum atomic E-state index is -4.48. The Bertz CT molecular complexity index is 920. The van der Waals surface area contributed by atoms with Gasteiger partial charge in [-0.15, -0.1) is 35.3 Å². The summed E-state index contributed by atoms with van der Waals surface area (Å²) in [7, 11) is 3.25. The highest BCUT2D eigenvalue weighted by molar-refractivity contribution is 14.0. The number of nitrogens with zero attached hydrogens (tertiary/aromatic N) is 3. The highest BCUT2D eigenvalue weighted by atomic mass is 127. The van der Waals surface area contributed by atoms with Gasteiger partial charge in [0.05, 0.1) is 19.2 Å². The zero-order chi connectivity index (χ0) is 21.7. The van der Waals surface area contributed by atoms with Gasteiger partial charge in [0, 0.05) is 31.5 Å². The van der Waals surface area contributed by atoms with Crippen molar-refractivity contribution >= 4 is 47.2 Å². The lowest BCUT2D eigenvalue weighted by molar-refractivity contribution is -0.140. The third-order valence-corrected chi connectivity index (χ3v) is 5.24. The van der Waals surface area contributed by atoms with E-state index in [1.807, 2.05) is 24.3 Å². The van der Waals surface area contributed by atoms with E-state index in [0.29, 0.717) is 19.0 Å². The lowest BCUT2D eigenvalue weighted by Gasteiger charge is -2.28. The number of hydrogen-bond acceptors (Lipinski definition) is 5. The van der Waals surface area contributed by atoms with E-state index >= 15 is 0 Å². The molecular formula is C19H23F3IN5O2S. The number of alkyl halides is 3. The average molecular weight is 569 g/mol. The molecule has 3 rings (SSSR count). The number of halogens is 4. The zero-order valence-corrected chi connectivity index (χ0v) is 20.0. The van der Waals surface area contributed by atoms with E-state index in [0.717, 1.165) is 28.0 Å². The molecule has 0 aliphatic carbocycles. The Labute approximate surface area is 199 Å². The quantitative estimate of drug-likeness (QED) is 0.328. The van der Waals surface area contributed by atoms with Gasteiger partial charge in [-0.05, 0) is 6.07 Å². The van der Waals surface area contributed by atoms with Crippen LogP contribution in [0.2, 0.25) is 0 Å². The Morgan fingerprint density at radius 2 is 2.10 bits per heavy atom. The van der Waals surface area contributed by atoms with Crippen LogP contribution >= 0.6 is 35.3 Å². The van der Waals surface area contributed by atoms with Crippen LogP contribution in [0.1, 0.15) is 28.7 Å². The highest BCUT2D eigenvalue weighted by Crippen LogP contribution is 2.32. The monoisotopic (exact) mass is 569 g/mol. The number of nitrogens with one attached hydrogen (secondary N) is 2. The van der Waals surface area contributed by atoms with Gasteiger partial charge in [-0.25, -0.2) is 9.98 Å². The third-order valence-electron chi connectivity index (χ3n) is 4.39. The van der Waals surface area contributed by atoms with Gasteiger partial charge in [-0.1, -0.05) is 18.2 Å². The largest absolute Gasteiger partial charge is 0.493 e. The van der Waals surface area contributed by atoms with Gasteiger partial charge in [0.25, 0.3) is 0 Å². The molecule has 0 saturated carbocycles. The number of benzene rings is 1. The average Bonchev–Trinajstić information content (AvgIpc) is 3.19. The molecule has 0 saturated heterocycles. The van der Waals surface area contributed by atoms with Gasteiger partial charge in [0.15, 0.2) is 11.7 Å².